The van der Waals surface area contributed by atoms with Gasteiger partial charge in [0.2, 0.25) is 0 Å². The first-order valence-corrected chi connectivity index (χ1v) is 6.68. The predicted octanol–water partition coefficient (Wildman–Crippen LogP) is 2.17. The van der Waals surface area contributed by atoms with Crippen LogP contribution < -0.4 is 4.74 Å². The van der Waals surface area contributed by atoms with Crippen molar-refractivity contribution in [3.05, 3.63) is 29.8 Å². The maximum atomic E-state index is 11.8. The monoisotopic (exact) mass is 253 g/mol. The molecule has 4 heteroatoms. The van der Waals surface area contributed by atoms with Gasteiger partial charge in [-0.2, -0.15) is 11.8 Å². The molecule has 1 aromatic rings. The van der Waals surface area contributed by atoms with E-state index < -0.39 is 0 Å². The first kappa shape index (κ1) is 14.1. The second-order valence-corrected chi connectivity index (χ2v) is 5.11. The molecule has 94 valence electrons. The first-order valence-electron chi connectivity index (χ1n) is 5.53. The van der Waals surface area contributed by atoms with Crippen molar-refractivity contribution in [2.24, 2.45) is 0 Å². The first-order chi connectivity index (χ1) is 8.13. The number of ketones is 1. The Morgan fingerprint density at radius 2 is 1.94 bits per heavy atom. The number of thioether (sulfide) groups is 1. The Labute approximate surface area is 107 Å². The average Bonchev–Trinajstić information content (AvgIpc) is 2.34. The van der Waals surface area contributed by atoms with Crippen molar-refractivity contribution in [3.63, 3.8) is 0 Å². The number of methoxy groups -OCH3 is 1. The Morgan fingerprint density at radius 3 is 2.47 bits per heavy atom. The predicted molar refractivity (Wildman–Crippen MR) is 73.2 cm³/mol. The van der Waals surface area contributed by atoms with Crippen LogP contribution in [-0.4, -0.2) is 49.9 Å². The molecule has 0 spiro atoms. The number of carbonyl (C=O) groups is 1. The van der Waals surface area contributed by atoms with Crippen LogP contribution >= 0.6 is 11.8 Å². The van der Waals surface area contributed by atoms with Gasteiger partial charge in [0, 0.05) is 17.9 Å². The summed E-state index contributed by atoms with van der Waals surface area (Å²) in [6.45, 7) is 1.00. The average molecular weight is 253 g/mol. The minimum atomic E-state index is 0.177. The Hall–Kier alpha value is -1.00. The van der Waals surface area contributed by atoms with E-state index in [1.165, 1.54) is 0 Å². The van der Waals surface area contributed by atoms with Gasteiger partial charge in [-0.15, -0.1) is 0 Å². The molecule has 0 aliphatic heterocycles. The van der Waals surface area contributed by atoms with Gasteiger partial charge >= 0.3 is 0 Å². The molecule has 0 atom stereocenters. The molecule has 3 nitrogen and oxygen atoms in total. The van der Waals surface area contributed by atoms with E-state index in [-0.39, 0.29) is 5.78 Å². The van der Waals surface area contributed by atoms with Crippen LogP contribution in [0.3, 0.4) is 0 Å². The lowest BCUT2D eigenvalue weighted by Gasteiger charge is -2.08. The highest BCUT2D eigenvalue weighted by Crippen LogP contribution is 2.13. The standard InChI is InChI=1S/C13H19NO2S/c1-14(2)8-9-17-10-13(15)11-4-6-12(16-3)7-5-11/h4-7H,8-10H2,1-3H3. The smallest absolute Gasteiger partial charge is 0.172 e. The van der Waals surface area contributed by atoms with E-state index in [4.69, 9.17) is 4.74 Å². The second-order valence-electron chi connectivity index (χ2n) is 4.01. The molecule has 0 amide bonds. The van der Waals surface area contributed by atoms with Crippen molar-refractivity contribution in [1.82, 2.24) is 4.90 Å². The Kier molecular flexibility index (Phi) is 6.08. The summed E-state index contributed by atoms with van der Waals surface area (Å²) in [4.78, 5) is 13.9. The SMILES string of the molecule is COc1ccc(C(=O)CSCCN(C)C)cc1. The van der Waals surface area contributed by atoms with Crippen LogP contribution in [-0.2, 0) is 0 Å². The molecule has 0 unspecified atom stereocenters. The van der Waals surface area contributed by atoms with Gasteiger partial charge in [-0.25, -0.2) is 0 Å². The van der Waals surface area contributed by atoms with Crippen LogP contribution in [0.2, 0.25) is 0 Å². The summed E-state index contributed by atoms with van der Waals surface area (Å²) in [5.74, 6) is 2.48. The Bertz CT molecular complexity index is 349. The van der Waals surface area contributed by atoms with Crippen molar-refractivity contribution in [3.8, 4) is 5.75 Å². The zero-order valence-electron chi connectivity index (χ0n) is 10.6. The van der Waals surface area contributed by atoms with Crippen molar-refractivity contribution in [2.75, 3.05) is 39.3 Å². The lowest BCUT2D eigenvalue weighted by atomic mass is 10.1. The summed E-state index contributed by atoms with van der Waals surface area (Å²) in [7, 11) is 5.69. The quantitative estimate of drug-likeness (QED) is 0.550. The number of ether oxygens (including phenoxy) is 1. The van der Waals surface area contributed by atoms with Crippen molar-refractivity contribution in [2.45, 2.75) is 0 Å². The molecule has 0 radical (unpaired) electrons. The van der Waals surface area contributed by atoms with Gasteiger partial charge in [-0.1, -0.05) is 0 Å². The number of hydrogen-bond donors (Lipinski definition) is 0. The summed E-state index contributed by atoms with van der Waals surface area (Å²) < 4.78 is 5.05. The lowest BCUT2D eigenvalue weighted by Crippen LogP contribution is -2.15. The summed E-state index contributed by atoms with van der Waals surface area (Å²) in [6, 6.07) is 7.26. The van der Waals surface area contributed by atoms with Gasteiger partial charge < -0.3 is 9.64 Å². The maximum Gasteiger partial charge on any atom is 0.172 e. The number of rotatable bonds is 7. The summed E-state index contributed by atoms with van der Waals surface area (Å²) in [5.41, 5.74) is 0.753. The van der Waals surface area contributed by atoms with Crippen LogP contribution in [0.5, 0.6) is 5.75 Å². The zero-order valence-corrected chi connectivity index (χ0v) is 11.4. The van der Waals surface area contributed by atoms with Crippen LogP contribution in [0, 0.1) is 0 Å². The normalized spacial score (nSPS) is 10.6. The molecule has 1 rings (SSSR count). The van der Waals surface area contributed by atoms with Crippen LogP contribution in [0.1, 0.15) is 10.4 Å². The van der Waals surface area contributed by atoms with Gasteiger partial charge in [0.05, 0.1) is 12.9 Å². The molecule has 0 aliphatic rings. The van der Waals surface area contributed by atoms with Crippen molar-refractivity contribution >= 4 is 17.5 Å². The highest BCUT2D eigenvalue weighted by Gasteiger charge is 2.05. The van der Waals surface area contributed by atoms with Crippen molar-refractivity contribution in [1.29, 1.82) is 0 Å². The third-order valence-electron chi connectivity index (χ3n) is 2.33. The zero-order chi connectivity index (χ0) is 12.7. The van der Waals surface area contributed by atoms with Gasteiger partial charge in [-0.3, -0.25) is 4.79 Å². The Morgan fingerprint density at radius 1 is 1.29 bits per heavy atom. The van der Waals surface area contributed by atoms with Crippen LogP contribution in [0.15, 0.2) is 24.3 Å². The minimum absolute atomic E-state index is 0.177. The molecule has 17 heavy (non-hydrogen) atoms. The Balaban J connectivity index is 2.36. The van der Waals surface area contributed by atoms with E-state index in [1.54, 1.807) is 18.9 Å². The molecule has 0 N–H and O–H groups in total. The molecule has 0 fully saturated rings. The number of Topliss-reactive ketones (excluding diaryl/α,β-unsaturated/α-hetero) is 1. The molecular formula is C13H19NO2S. The summed E-state index contributed by atoms with van der Waals surface area (Å²) in [5, 5.41) is 0. The third-order valence-corrected chi connectivity index (χ3v) is 3.27. The molecule has 0 aliphatic carbocycles. The number of carbonyl (C=O) groups excluding carboxylic acids is 1. The molecule has 0 heterocycles. The number of hydrogen-bond acceptors (Lipinski definition) is 4. The number of nitrogens with zero attached hydrogens (tertiary/aromatic N) is 1. The van der Waals surface area contributed by atoms with Crippen LogP contribution in [0.25, 0.3) is 0 Å². The molecule has 1 aromatic carbocycles. The summed E-state index contributed by atoms with van der Waals surface area (Å²) >= 11 is 1.67. The van der Waals surface area contributed by atoms with E-state index in [2.05, 4.69) is 4.90 Å². The minimum Gasteiger partial charge on any atom is -0.497 e. The third kappa shape index (κ3) is 5.24. The van der Waals surface area contributed by atoms with Gasteiger partial charge in [0.1, 0.15) is 5.75 Å². The van der Waals surface area contributed by atoms with E-state index in [0.29, 0.717) is 5.75 Å². The van der Waals surface area contributed by atoms with E-state index in [9.17, 15) is 4.79 Å². The maximum absolute atomic E-state index is 11.8. The van der Waals surface area contributed by atoms with Crippen molar-refractivity contribution < 1.29 is 9.53 Å². The van der Waals surface area contributed by atoms with E-state index in [1.807, 2.05) is 38.4 Å². The highest BCUT2D eigenvalue weighted by atomic mass is 32.2. The second kappa shape index (κ2) is 7.35. The fraction of sp³-hybridized carbons (Fsp3) is 0.462. The molecule has 0 saturated carbocycles. The fourth-order valence-electron chi connectivity index (χ4n) is 1.27. The molecule has 0 bridgehead atoms. The fourth-order valence-corrected chi connectivity index (χ4v) is 2.26. The van der Waals surface area contributed by atoms with Gasteiger partial charge in [-0.05, 0) is 38.4 Å². The number of benzene rings is 1. The van der Waals surface area contributed by atoms with Crippen LogP contribution in [0.4, 0.5) is 0 Å². The van der Waals surface area contributed by atoms with E-state index in [0.717, 1.165) is 23.6 Å². The molecular weight excluding hydrogens is 234 g/mol. The van der Waals surface area contributed by atoms with Gasteiger partial charge in [0.15, 0.2) is 5.78 Å². The molecule has 0 aromatic heterocycles. The highest BCUT2D eigenvalue weighted by molar-refractivity contribution is 8.00. The van der Waals surface area contributed by atoms with E-state index >= 15 is 0 Å². The summed E-state index contributed by atoms with van der Waals surface area (Å²) in [6.07, 6.45) is 0. The topological polar surface area (TPSA) is 29.5 Å². The lowest BCUT2D eigenvalue weighted by molar-refractivity contribution is 0.102. The molecule has 0 saturated heterocycles. The largest absolute Gasteiger partial charge is 0.497 e. The van der Waals surface area contributed by atoms with Gasteiger partial charge in [0.25, 0.3) is 0 Å².